The molecule has 0 saturated heterocycles. The van der Waals surface area contributed by atoms with Gasteiger partial charge in [-0.05, 0) is 25.1 Å². The molecule has 1 N–H and O–H groups in total. The Hall–Kier alpha value is -0.540. The topological polar surface area (TPSA) is 24.9 Å². The molecule has 0 aromatic carbocycles. The van der Waals surface area contributed by atoms with Crippen LogP contribution in [0.1, 0.15) is 26.2 Å². The molecule has 0 bridgehead atoms. The SMILES string of the molecule is CCCCCNCCSc1ccncc1. The van der Waals surface area contributed by atoms with Crippen molar-refractivity contribution in [3.05, 3.63) is 24.5 Å². The molecular formula is C12H20N2S. The van der Waals surface area contributed by atoms with Crippen molar-refractivity contribution < 1.29 is 0 Å². The van der Waals surface area contributed by atoms with Crippen LogP contribution in [0.15, 0.2) is 29.4 Å². The van der Waals surface area contributed by atoms with E-state index in [0.29, 0.717) is 0 Å². The van der Waals surface area contributed by atoms with Crippen molar-refractivity contribution in [2.75, 3.05) is 18.8 Å². The molecule has 0 unspecified atom stereocenters. The molecule has 0 fully saturated rings. The summed E-state index contributed by atoms with van der Waals surface area (Å²) in [6.07, 6.45) is 7.63. The van der Waals surface area contributed by atoms with Crippen molar-refractivity contribution in [2.24, 2.45) is 0 Å². The molecule has 0 radical (unpaired) electrons. The quantitative estimate of drug-likeness (QED) is 0.543. The molecule has 0 amide bonds. The minimum atomic E-state index is 1.09. The third-order valence-electron chi connectivity index (χ3n) is 2.15. The van der Waals surface area contributed by atoms with E-state index in [-0.39, 0.29) is 0 Å². The van der Waals surface area contributed by atoms with E-state index in [2.05, 4.69) is 29.4 Å². The predicted molar refractivity (Wildman–Crippen MR) is 67.4 cm³/mol. The van der Waals surface area contributed by atoms with Crippen LogP contribution in [-0.4, -0.2) is 23.8 Å². The fraction of sp³-hybridized carbons (Fsp3) is 0.583. The van der Waals surface area contributed by atoms with Crippen LogP contribution < -0.4 is 5.32 Å². The third kappa shape index (κ3) is 6.52. The van der Waals surface area contributed by atoms with Crippen LogP contribution in [0.25, 0.3) is 0 Å². The predicted octanol–water partition coefficient (Wildman–Crippen LogP) is 2.95. The maximum Gasteiger partial charge on any atom is 0.0278 e. The number of aromatic nitrogens is 1. The lowest BCUT2D eigenvalue weighted by Crippen LogP contribution is -2.18. The summed E-state index contributed by atoms with van der Waals surface area (Å²) >= 11 is 1.88. The molecule has 2 nitrogen and oxygen atoms in total. The number of hydrogen-bond acceptors (Lipinski definition) is 3. The summed E-state index contributed by atoms with van der Waals surface area (Å²) in [7, 11) is 0. The Labute approximate surface area is 96.9 Å². The second kappa shape index (κ2) is 8.74. The molecule has 1 heterocycles. The Kier molecular flexibility index (Phi) is 7.30. The van der Waals surface area contributed by atoms with Gasteiger partial charge < -0.3 is 5.32 Å². The van der Waals surface area contributed by atoms with Crippen molar-refractivity contribution in [1.82, 2.24) is 10.3 Å². The molecule has 0 saturated carbocycles. The Morgan fingerprint density at radius 2 is 2.00 bits per heavy atom. The van der Waals surface area contributed by atoms with E-state index < -0.39 is 0 Å². The van der Waals surface area contributed by atoms with Gasteiger partial charge in [-0.25, -0.2) is 0 Å². The highest BCUT2D eigenvalue weighted by atomic mass is 32.2. The summed E-state index contributed by atoms with van der Waals surface area (Å²) in [5.41, 5.74) is 0. The van der Waals surface area contributed by atoms with Crippen molar-refractivity contribution in [3.63, 3.8) is 0 Å². The fourth-order valence-corrected chi connectivity index (χ4v) is 2.10. The van der Waals surface area contributed by atoms with E-state index in [0.717, 1.165) is 18.8 Å². The Morgan fingerprint density at radius 3 is 2.73 bits per heavy atom. The van der Waals surface area contributed by atoms with E-state index in [1.807, 2.05) is 24.2 Å². The fourth-order valence-electron chi connectivity index (χ4n) is 1.30. The number of unbranched alkanes of at least 4 members (excludes halogenated alkanes) is 2. The van der Waals surface area contributed by atoms with E-state index in [1.54, 1.807) is 0 Å². The van der Waals surface area contributed by atoms with Gasteiger partial charge in [0.25, 0.3) is 0 Å². The minimum absolute atomic E-state index is 1.09. The zero-order valence-corrected chi connectivity index (χ0v) is 10.2. The van der Waals surface area contributed by atoms with Gasteiger partial charge in [0.1, 0.15) is 0 Å². The van der Waals surface area contributed by atoms with Gasteiger partial charge in [0.05, 0.1) is 0 Å². The van der Waals surface area contributed by atoms with Crippen LogP contribution in [0.5, 0.6) is 0 Å². The number of rotatable bonds is 8. The molecule has 0 aliphatic carbocycles. The third-order valence-corrected chi connectivity index (χ3v) is 3.17. The van der Waals surface area contributed by atoms with E-state index >= 15 is 0 Å². The van der Waals surface area contributed by atoms with Crippen LogP contribution in [0.3, 0.4) is 0 Å². The highest BCUT2D eigenvalue weighted by Crippen LogP contribution is 2.14. The minimum Gasteiger partial charge on any atom is -0.316 e. The average molecular weight is 224 g/mol. The van der Waals surface area contributed by atoms with E-state index in [4.69, 9.17) is 0 Å². The summed E-state index contributed by atoms with van der Waals surface area (Å²) in [5, 5.41) is 3.45. The first-order chi connectivity index (χ1) is 7.43. The Morgan fingerprint density at radius 1 is 1.20 bits per heavy atom. The normalized spacial score (nSPS) is 10.5. The monoisotopic (exact) mass is 224 g/mol. The van der Waals surface area contributed by atoms with Crippen molar-refractivity contribution in [2.45, 2.75) is 31.1 Å². The summed E-state index contributed by atoms with van der Waals surface area (Å²) in [4.78, 5) is 5.30. The van der Waals surface area contributed by atoms with Crippen molar-refractivity contribution in [1.29, 1.82) is 0 Å². The summed E-state index contributed by atoms with van der Waals surface area (Å²) in [6.45, 7) is 4.49. The molecule has 0 spiro atoms. The largest absolute Gasteiger partial charge is 0.316 e. The number of nitrogens with one attached hydrogen (secondary N) is 1. The molecule has 0 aliphatic heterocycles. The second-order valence-electron chi connectivity index (χ2n) is 3.49. The Balaban J connectivity index is 1.93. The average Bonchev–Trinajstić information content (AvgIpc) is 2.29. The van der Waals surface area contributed by atoms with Crippen LogP contribution >= 0.6 is 11.8 Å². The highest BCUT2D eigenvalue weighted by Gasteiger charge is 1.92. The molecule has 0 aliphatic rings. The van der Waals surface area contributed by atoms with Gasteiger partial charge in [-0.15, -0.1) is 11.8 Å². The standard InChI is InChI=1S/C12H20N2S/c1-2-3-4-7-13-10-11-15-12-5-8-14-9-6-12/h5-6,8-9,13H,2-4,7,10-11H2,1H3. The molecule has 1 rings (SSSR count). The molecule has 84 valence electrons. The second-order valence-corrected chi connectivity index (χ2v) is 4.66. The van der Waals surface area contributed by atoms with Gasteiger partial charge in [-0.1, -0.05) is 19.8 Å². The van der Waals surface area contributed by atoms with Gasteiger partial charge in [-0.3, -0.25) is 4.98 Å². The molecule has 15 heavy (non-hydrogen) atoms. The number of nitrogens with zero attached hydrogens (tertiary/aromatic N) is 1. The summed E-state index contributed by atoms with van der Waals surface area (Å²) in [5.74, 6) is 1.14. The summed E-state index contributed by atoms with van der Waals surface area (Å²) < 4.78 is 0. The number of hydrogen-bond donors (Lipinski definition) is 1. The van der Waals surface area contributed by atoms with Gasteiger partial charge in [0, 0.05) is 29.6 Å². The number of thioether (sulfide) groups is 1. The van der Waals surface area contributed by atoms with Gasteiger partial charge in [-0.2, -0.15) is 0 Å². The van der Waals surface area contributed by atoms with E-state index in [9.17, 15) is 0 Å². The lowest BCUT2D eigenvalue weighted by Gasteiger charge is -2.03. The molecule has 0 atom stereocenters. The zero-order chi connectivity index (χ0) is 10.8. The van der Waals surface area contributed by atoms with Crippen LogP contribution in [0.4, 0.5) is 0 Å². The number of pyridine rings is 1. The van der Waals surface area contributed by atoms with Crippen molar-refractivity contribution in [3.8, 4) is 0 Å². The maximum absolute atomic E-state index is 3.99. The first-order valence-electron chi connectivity index (χ1n) is 5.67. The molecule has 1 aromatic heterocycles. The maximum atomic E-state index is 3.99. The van der Waals surface area contributed by atoms with Crippen LogP contribution in [0.2, 0.25) is 0 Å². The zero-order valence-electron chi connectivity index (χ0n) is 9.41. The summed E-state index contributed by atoms with van der Waals surface area (Å²) in [6, 6.07) is 4.11. The first kappa shape index (κ1) is 12.5. The van der Waals surface area contributed by atoms with E-state index in [1.165, 1.54) is 24.2 Å². The smallest absolute Gasteiger partial charge is 0.0278 e. The lowest BCUT2D eigenvalue weighted by atomic mass is 10.2. The van der Waals surface area contributed by atoms with Crippen molar-refractivity contribution >= 4 is 11.8 Å². The first-order valence-corrected chi connectivity index (χ1v) is 6.65. The van der Waals surface area contributed by atoms with Crippen LogP contribution in [0, 0.1) is 0 Å². The van der Waals surface area contributed by atoms with Gasteiger partial charge in [0.2, 0.25) is 0 Å². The van der Waals surface area contributed by atoms with Gasteiger partial charge >= 0.3 is 0 Å². The van der Waals surface area contributed by atoms with Crippen LogP contribution in [-0.2, 0) is 0 Å². The van der Waals surface area contributed by atoms with Gasteiger partial charge in [0.15, 0.2) is 0 Å². The molecular weight excluding hydrogens is 204 g/mol. The molecule has 3 heteroatoms. The highest BCUT2D eigenvalue weighted by molar-refractivity contribution is 7.99. The lowest BCUT2D eigenvalue weighted by molar-refractivity contribution is 0.636. The molecule has 1 aromatic rings. The Bertz CT molecular complexity index is 239.